The largest absolute Gasteiger partial charge is 0.418 e. The summed E-state index contributed by atoms with van der Waals surface area (Å²) in [7, 11) is 1.58. The topological polar surface area (TPSA) is 32.3 Å². The van der Waals surface area contributed by atoms with E-state index in [-0.39, 0.29) is 18.1 Å². The van der Waals surface area contributed by atoms with Crippen LogP contribution >= 0.6 is 0 Å². The Morgan fingerprint density at radius 2 is 1.64 bits per heavy atom. The van der Waals surface area contributed by atoms with Gasteiger partial charge in [-0.1, -0.05) is 30.3 Å². The zero-order valence-electron chi connectivity index (χ0n) is 11.9. The lowest BCUT2D eigenvalue weighted by molar-refractivity contribution is -0.137. The van der Waals surface area contributed by atoms with E-state index >= 15 is 0 Å². The molecule has 2 aromatic rings. The Hall–Kier alpha value is -2.50. The van der Waals surface area contributed by atoms with Gasteiger partial charge in [0.05, 0.1) is 12.1 Å². The third-order valence-corrected chi connectivity index (χ3v) is 3.18. The summed E-state index contributed by atoms with van der Waals surface area (Å²) in [6.45, 7) is -0.224. The molecule has 0 fully saturated rings. The van der Waals surface area contributed by atoms with Gasteiger partial charge in [0.1, 0.15) is 0 Å². The van der Waals surface area contributed by atoms with Crippen LogP contribution in [0.15, 0.2) is 54.6 Å². The number of nitrogens with zero attached hydrogens (tertiary/aromatic N) is 1. The fraction of sp³-hybridized carbons (Fsp3) is 0.188. The van der Waals surface area contributed by atoms with Crippen molar-refractivity contribution in [3.63, 3.8) is 0 Å². The SMILES string of the molecule is CN(C(=O)CNc1ccccc1C(F)(F)F)c1ccccc1. The molecule has 116 valence electrons. The summed E-state index contributed by atoms with van der Waals surface area (Å²) in [5, 5.41) is 2.56. The Labute approximate surface area is 126 Å². The minimum atomic E-state index is -4.46. The van der Waals surface area contributed by atoms with E-state index in [1.165, 1.54) is 23.1 Å². The molecule has 2 aromatic carbocycles. The summed E-state index contributed by atoms with van der Waals surface area (Å²) in [6, 6.07) is 14.0. The third kappa shape index (κ3) is 3.78. The van der Waals surface area contributed by atoms with E-state index in [4.69, 9.17) is 0 Å². The van der Waals surface area contributed by atoms with Gasteiger partial charge < -0.3 is 10.2 Å². The van der Waals surface area contributed by atoms with Gasteiger partial charge in [-0.25, -0.2) is 0 Å². The maximum absolute atomic E-state index is 12.9. The molecular weight excluding hydrogens is 293 g/mol. The van der Waals surface area contributed by atoms with Crippen molar-refractivity contribution in [1.82, 2.24) is 0 Å². The van der Waals surface area contributed by atoms with Crippen LogP contribution in [-0.4, -0.2) is 19.5 Å². The second-order valence-electron chi connectivity index (χ2n) is 4.69. The maximum Gasteiger partial charge on any atom is 0.418 e. The first-order chi connectivity index (χ1) is 10.4. The van der Waals surface area contributed by atoms with Crippen molar-refractivity contribution in [1.29, 1.82) is 0 Å². The number of anilines is 2. The summed E-state index contributed by atoms with van der Waals surface area (Å²) in [5.41, 5.74) is -0.214. The number of likely N-dealkylation sites (N-methyl/N-ethyl adjacent to an activating group) is 1. The van der Waals surface area contributed by atoms with Crippen molar-refractivity contribution >= 4 is 17.3 Å². The average Bonchev–Trinajstić information content (AvgIpc) is 2.52. The molecule has 1 amide bonds. The number of benzene rings is 2. The molecule has 0 bridgehead atoms. The van der Waals surface area contributed by atoms with Crippen LogP contribution in [0.2, 0.25) is 0 Å². The van der Waals surface area contributed by atoms with Gasteiger partial charge in [-0.3, -0.25) is 4.79 Å². The van der Waals surface area contributed by atoms with Gasteiger partial charge in [0.25, 0.3) is 0 Å². The molecule has 0 aliphatic heterocycles. The molecule has 0 atom stereocenters. The molecule has 0 heterocycles. The molecular formula is C16H15F3N2O. The normalized spacial score (nSPS) is 11.1. The number of hydrogen-bond donors (Lipinski definition) is 1. The lowest BCUT2D eigenvalue weighted by Crippen LogP contribution is -2.32. The number of carbonyl (C=O) groups is 1. The predicted molar refractivity (Wildman–Crippen MR) is 79.8 cm³/mol. The van der Waals surface area contributed by atoms with Crippen LogP contribution in [0.3, 0.4) is 0 Å². The van der Waals surface area contributed by atoms with Gasteiger partial charge in [-0.2, -0.15) is 13.2 Å². The number of nitrogens with one attached hydrogen (secondary N) is 1. The van der Waals surface area contributed by atoms with E-state index < -0.39 is 11.7 Å². The summed E-state index contributed by atoms with van der Waals surface area (Å²) in [4.78, 5) is 13.5. The number of para-hydroxylation sites is 2. The molecule has 0 spiro atoms. The Balaban J connectivity index is 2.06. The summed E-state index contributed by atoms with van der Waals surface area (Å²) >= 11 is 0. The quantitative estimate of drug-likeness (QED) is 0.932. The number of halogens is 3. The molecule has 0 saturated heterocycles. The van der Waals surface area contributed by atoms with E-state index in [2.05, 4.69) is 5.32 Å². The Morgan fingerprint density at radius 3 is 2.27 bits per heavy atom. The number of rotatable bonds is 4. The van der Waals surface area contributed by atoms with Crippen molar-refractivity contribution in [2.45, 2.75) is 6.18 Å². The van der Waals surface area contributed by atoms with E-state index in [0.717, 1.165) is 6.07 Å². The molecule has 0 saturated carbocycles. The van der Waals surface area contributed by atoms with E-state index in [0.29, 0.717) is 5.69 Å². The van der Waals surface area contributed by atoms with Gasteiger partial charge in [-0.05, 0) is 24.3 Å². The predicted octanol–water partition coefficient (Wildman–Crippen LogP) is 3.78. The highest BCUT2D eigenvalue weighted by molar-refractivity contribution is 5.95. The number of carbonyl (C=O) groups excluding carboxylic acids is 1. The van der Waals surface area contributed by atoms with Crippen LogP contribution < -0.4 is 10.2 Å². The summed E-state index contributed by atoms with van der Waals surface area (Å²) < 4.78 is 38.6. The molecule has 6 heteroatoms. The van der Waals surface area contributed by atoms with Gasteiger partial charge in [0, 0.05) is 18.4 Å². The first kappa shape index (κ1) is 15.9. The smallest absolute Gasteiger partial charge is 0.376 e. The number of alkyl halides is 3. The molecule has 22 heavy (non-hydrogen) atoms. The van der Waals surface area contributed by atoms with Crippen LogP contribution in [0.1, 0.15) is 5.56 Å². The van der Waals surface area contributed by atoms with Crippen LogP contribution in [0.5, 0.6) is 0 Å². The van der Waals surface area contributed by atoms with Crippen LogP contribution in [0.25, 0.3) is 0 Å². The molecule has 0 radical (unpaired) electrons. The fourth-order valence-electron chi connectivity index (χ4n) is 1.97. The first-order valence-corrected chi connectivity index (χ1v) is 6.61. The Kier molecular flexibility index (Phi) is 4.70. The zero-order chi connectivity index (χ0) is 16.2. The minimum Gasteiger partial charge on any atom is -0.376 e. The Bertz CT molecular complexity index is 641. The number of amides is 1. The van der Waals surface area contributed by atoms with Crippen LogP contribution in [0.4, 0.5) is 24.5 Å². The first-order valence-electron chi connectivity index (χ1n) is 6.61. The van der Waals surface area contributed by atoms with E-state index in [9.17, 15) is 18.0 Å². The maximum atomic E-state index is 12.9. The molecule has 1 N–H and O–H groups in total. The lowest BCUT2D eigenvalue weighted by atomic mass is 10.1. The van der Waals surface area contributed by atoms with E-state index in [1.54, 1.807) is 31.3 Å². The molecule has 0 aliphatic carbocycles. The van der Waals surface area contributed by atoms with Crippen molar-refractivity contribution in [3.8, 4) is 0 Å². The fourth-order valence-corrected chi connectivity index (χ4v) is 1.97. The second-order valence-corrected chi connectivity index (χ2v) is 4.69. The molecule has 0 aromatic heterocycles. The van der Waals surface area contributed by atoms with Gasteiger partial charge in [0.2, 0.25) is 5.91 Å². The summed E-state index contributed by atoms with van der Waals surface area (Å²) in [5.74, 6) is -0.330. The molecule has 0 aliphatic rings. The highest BCUT2D eigenvalue weighted by atomic mass is 19.4. The average molecular weight is 308 g/mol. The van der Waals surface area contributed by atoms with Crippen LogP contribution in [-0.2, 0) is 11.0 Å². The highest BCUT2D eigenvalue weighted by Gasteiger charge is 2.33. The van der Waals surface area contributed by atoms with Crippen molar-refractivity contribution in [2.24, 2.45) is 0 Å². The monoisotopic (exact) mass is 308 g/mol. The molecule has 3 nitrogen and oxygen atoms in total. The van der Waals surface area contributed by atoms with Crippen molar-refractivity contribution in [2.75, 3.05) is 23.8 Å². The standard InChI is InChI=1S/C16H15F3N2O/c1-21(12-7-3-2-4-8-12)15(22)11-20-14-10-6-5-9-13(14)16(17,18)19/h2-10,20H,11H2,1H3. The van der Waals surface area contributed by atoms with Gasteiger partial charge in [0.15, 0.2) is 0 Å². The zero-order valence-corrected chi connectivity index (χ0v) is 11.9. The second kappa shape index (κ2) is 6.51. The molecule has 2 rings (SSSR count). The van der Waals surface area contributed by atoms with Gasteiger partial charge in [-0.15, -0.1) is 0 Å². The van der Waals surface area contributed by atoms with Crippen molar-refractivity contribution < 1.29 is 18.0 Å². The Morgan fingerprint density at radius 1 is 1.05 bits per heavy atom. The third-order valence-electron chi connectivity index (χ3n) is 3.18. The number of hydrogen-bond acceptors (Lipinski definition) is 2. The highest BCUT2D eigenvalue weighted by Crippen LogP contribution is 2.34. The van der Waals surface area contributed by atoms with E-state index in [1.807, 2.05) is 6.07 Å². The van der Waals surface area contributed by atoms with Gasteiger partial charge >= 0.3 is 6.18 Å². The summed E-state index contributed by atoms with van der Waals surface area (Å²) in [6.07, 6.45) is -4.46. The van der Waals surface area contributed by atoms with Crippen molar-refractivity contribution in [3.05, 3.63) is 60.2 Å². The molecule has 0 unspecified atom stereocenters. The van der Waals surface area contributed by atoms with Crippen LogP contribution in [0, 0.1) is 0 Å². The lowest BCUT2D eigenvalue weighted by Gasteiger charge is -2.19. The minimum absolute atomic E-state index is 0.107.